The Balaban J connectivity index is 0. The zero-order chi connectivity index (χ0) is 14.7. The van der Waals surface area contributed by atoms with Crippen molar-refractivity contribution in [2.24, 2.45) is 5.92 Å². The molecule has 0 unspecified atom stereocenters. The van der Waals surface area contributed by atoms with Crippen LogP contribution < -0.4 is 5.73 Å². The van der Waals surface area contributed by atoms with E-state index >= 15 is 0 Å². The van der Waals surface area contributed by atoms with Crippen LogP contribution in [0.25, 0.3) is 0 Å². The molecule has 4 heteroatoms. The Kier molecular flexibility index (Phi) is 10.4. The summed E-state index contributed by atoms with van der Waals surface area (Å²) in [7, 11) is 0. The molecule has 1 aromatic carbocycles. The van der Waals surface area contributed by atoms with Gasteiger partial charge in [-0.05, 0) is 18.1 Å². The summed E-state index contributed by atoms with van der Waals surface area (Å²) < 4.78 is 0. The van der Waals surface area contributed by atoms with Gasteiger partial charge in [0.05, 0.1) is 0 Å². The van der Waals surface area contributed by atoms with Crippen LogP contribution in [0.15, 0.2) is 30.9 Å². The number of aromatic carboxylic acids is 1. The molecule has 0 aliphatic rings. The molecule has 102 valence electrons. The van der Waals surface area contributed by atoms with E-state index in [9.17, 15) is 4.79 Å². The Labute approximate surface area is 109 Å². The van der Waals surface area contributed by atoms with Crippen molar-refractivity contribution in [2.45, 2.75) is 27.7 Å². The van der Waals surface area contributed by atoms with Crippen LogP contribution in [0.1, 0.15) is 38.1 Å². The summed E-state index contributed by atoms with van der Waals surface area (Å²) in [6, 6.07) is 3.87. The largest absolute Gasteiger partial charge is 0.507 e. The number of allylic oxidation sites excluding steroid dienone is 1. The van der Waals surface area contributed by atoms with Gasteiger partial charge in [-0.3, -0.25) is 0 Å². The van der Waals surface area contributed by atoms with Crippen LogP contribution in [0.3, 0.4) is 0 Å². The number of aromatic hydroxyl groups is 1. The number of hydrogen-bond acceptors (Lipinski definition) is 3. The van der Waals surface area contributed by atoms with Gasteiger partial charge in [-0.15, -0.1) is 6.58 Å². The van der Waals surface area contributed by atoms with Gasteiger partial charge in [-0.25, -0.2) is 4.79 Å². The van der Waals surface area contributed by atoms with Crippen LogP contribution in [0.4, 0.5) is 5.69 Å². The smallest absolute Gasteiger partial charge is 0.339 e. The van der Waals surface area contributed by atoms with Crippen molar-refractivity contribution in [2.75, 3.05) is 5.73 Å². The highest BCUT2D eigenvalue weighted by Gasteiger charge is 2.07. The maximum atomic E-state index is 10.3. The normalized spacial score (nSPS) is 8.50. The van der Waals surface area contributed by atoms with E-state index in [2.05, 4.69) is 20.4 Å². The topological polar surface area (TPSA) is 83.6 Å². The quantitative estimate of drug-likeness (QED) is 0.556. The van der Waals surface area contributed by atoms with Crippen LogP contribution in [0.5, 0.6) is 5.75 Å². The molecule has 0 saturated heterocycles. The maximum Gasteiger partial charge on any atom is 0.339 e. The Morgan fingerprint density at radius 2 is 1.83 bits per heavy atom. The maximum absolute atomic E-state index is 10.3. The van der Waals surface area contributed by atoms with Gasteiger partial charge in [0, 0.05) is 11.8 Å². The van der Waals surface area contributed by atoms with Gasteiger partial charge in [0.15, 0.2) is 0 Å². The Bertz CT molecular complexity index is 373. The van der Waals surface area contributed by atoms with Crippen LogP contribution >= 0.6 is 0 Å². The molecule has 18 heavy (non-hydrogen) atoms. The van der Waals surface area contributed by atoms with Gasteiger partial charge in [-0.1, -0.05) is 33.8 Å². The highest BCUT2D eigenvalue weighted by molar-refractivity contribution is 5.91. The van der Waals surface area contributed by atoms with Gasteiger partial charge in [0.2, 0.25) is 0 Å². The third kappa shape index (κ3) is 8.21. The van der Waals surface area contributed by atoms with Crippen LogP contribution in [0, 0.1) is 5.92 Å². The van der Waals surface area contributed by atoms with E-state index in [1.807, 2.05) is 19.9 Å². The second-order valence-electron chi connectivity index (χ2n) is 3.56. The molecule has 0 amide bonds. The van der Waals surface area contributed by atoms with Crippen molar-refractivity contribution in [1.29, 1.82) is 0 Å². The van der Waals surface area contributed by atoms with E-state index in [1.165, 1.54) is 18.2 Å². The van der Waals surface area contributed by atoms with Crippen molar-refractivity contribution in [3.8, 4) is 5.75 Å². The zero-order valence-corrected chi connectivity index (χ0v) is 11.5. The first-order chi connectivity index (χ1) is 8.38. The number of carbonyl (C=O) groups is 1. The fourth-order valence-electron chi connectivity index (χ4n) is 0.730. The summed E-state index contributed by atoms with van der Waals surface area (Å²) in [4.78, 5) is 10.3. The molecule has 0 bridgehead atoms. The molecule has 4 nitrogen and oxygen atoms in total. The van der Waals surface area contributed by atoms with Crippen molar-refractivity contribution < 1.29 is 15.0 Å². The lowest BCUT2D eigenvalue weighted by molar-refractivity contribution is 0.0694. The first-order valence-electron chi connectivity index (χ1n) is 5.82. The first kappa shape index (κ1) is 18.4. The van der Waals surface area contributed by atoms with Crippen LogP contribution in [-0.4, -0.2) is 16.2 Å². The number of nitrogen functional groups attached to an aromatic ring is 1. The second kappa shape index (κ2) is 10.2. The molecule has 0 saturated carbocycles. The lowest BCUT2D eigenvalue weighted by Gasteiger charge is -1.98. The lowest BCUT2D eigenvalue weighted by atomic mass is 10.2. The predicted octanol–water partition coefficient (Wildman–Crippen LogP) is 3.53. The molecule has 0 spiro atoms. The molecule has 0 radical (unpaired) electrons. The molecule has 4 N–H and O–H groups in total. The van der Waals surface area contributed by atoms with Crippen molar-refractivity contribution in [3.63, 3.8) is 0 Å². The van der Waals surface area contributed by atoms with E-state index in [0.717, 1.165) is 0 Å². The van der Waals surface area contributed by atoms with Crippen molar-refractivity contribution in [3.05, 3.63) is 36.4 Å². The molecule has 0 aliphatic heterocycles. The van der Waals surface area contributed by atoms with Gasteiger partial charge >= 0.3 is 5.97 Å². The SMILES string of the molecule is C=CC(C)C.CC.Nc1ccc(C(=O)O)c(O)c1. The van der Waals surface area contributed by atoms with Crippen LogP contribution in [0.2, 0.25) is 0 Å². The molecule has 1 aromatic rings. The lowest BCUT2D eigenvalue weighted by Crippen LogP contribution is -1.97. The summed E-state index contributed by atoms with van der Waals surface area (Å²) in [5.74, 6) is -0.824. The molecule has 0 heterocycles. The summed E-state index contributed by atoms with van der Waals surface area (Å²) in [5, 5.41) is 17.5. The van der Waals surface area contributed by atoms with Crippen molar-refractivity contribution in [1.82, 2.24) is 0 Å². The first-order valence-corrected chi connectivity index (χ1v) is 5.82. The average molecular weight is 253 g/mol. The van der Waals surface area contributed by atoms with E-state index in [4.69, 9.17) is 15.9 Å². The minimum absolute atomic E-state index is 0.140. The van der Waals surface area contributed by atoms with Gasteiger partial charge in [0.25, 0.3) is 0 Å². The molecular formula is C14H23NO3. The van der Waals surface area contributed by atoms with Gasteiger partial charge in [-0.2, -0.15) is 0 Å². The number of rotatable bonds is 2. The van der Waals surface area contributed by atoms with Gasteiger partial charge < -0.3 is 15.9 Å². The van der Waals surface area contributed by atoms with E-state index < -0.39 is 5.97 Å². The van der Waals surface area contributed by atoms with E-state index in [-0.39, 0.29) is 11.3 Å². The number of benzene rings is 1. The second-order valence-corrected chi connectivity index (χ2v) is 3.56. The number of hydrogen-bond donors (Lipinski definition) is 3. The Hall–Kier alpha value is -1.97. The fraction of sp³-hybridized carbons (Fsp3) is 0.357. The number of carboxylic acid groups (broad SMARTS) is 1. The predicted molar refractivity (Wildman–Crippen MR) is 75.9 cm³/mol. The number of anilines is 1. The fourth-order valence-corrected chi connectivity index (χ4v) is 0.730. The molecule has 0 atom stereocenters. The molecule has 0 aliphatic carbocycles. The van der Waals surface area contributed by atoms with E-state index in [0.29, 0.717) is 11.6 Å². The number of carboxylic acids is 1. The standard InChI is InChI=1S/C7H7NO3.C5H10.C2H6/c8-4-1-2-5(7(10)11)6(9)3-4;1-4-5(2)3;1-2/h1-3,9H,8H2,(H,10,11);4-5H,1H2,2-3H3;1-2H3. The van der Waals surface area contributed by atoms with Crippen molar-refractivity contribution >= 4 is 11.7 Å². The third-order valence-electron chi connectivity index (χ3n) is 1.72. The molecule has 0 fully saturated rings. The monoisotopic (exact) mass is 253 g/mol. The Morgan fingerprint density at radius 1 is 1.39 bits per heavy atom. The summed E-state index contributed by atoms with van der Waals surface area (Å²) in [6.45, 7) is 11.8. The van der Waals surface area contributed by atoms with E-state index in [1.54, 1.807) is 0 Å². The van der Waals surface area contributed by atoms with Crippen LogP contribution in [-0.2, 0) is 0 Å². The summed E-state index contributed by atoms with van der Waals surface area (Å²) in [5.41, 5.74) is 5.48. The average Bonchev–Trinajstić information content (AvgIpc) is 2.31. The minimum Gasteiger partial charge on any atom is -0.507 e. The number of nitrogens with two attached hydrogens (primary N) is 1. The summed E-state index contributed by atoms with van der Waals surface area (Å²) in [6.07, 6.45) is 1.92. The molecule has 0 aromatic heterocycles. The molecule has 1 rings (SSSR count). The molecular weight excluding hydrogens is 230 g/mol. The Morgan fingerprint density at radius 3 is 2.11 bits per heavy atom. The summed E-state index contributed by atoms with van der Waals surface area (Å²) >= 11 is 0. The highest BCUT2D eigenvalue weighted by Crippen LogP contribution is 2.19. The highest BCUT2D eigenvalue weighted by atomic mass is 16.4. The third-order valence-corrected chi connectivity index (χ3v) is 1.72. The minimum atomic E-state index is -1.16. The zero-order valence-electron chi connectivity index (χ0n) is 11.5. The number of phenols is 1. The van der Waals surface area contributed by atoms with Gasteiger partial charge in [0.1, 0.15) is 11.3 Å².